The third-order valence-electron chi connectivity index (χ3n) is 3.95. The molecule has 1 aliphatic rings. The van der Waals surface area contributed by atoms with E-state index in [1.807, 2.05) is 0 Å². The van der Waals surface area contributed by atoms with Crippen LogP contribution in [-0.4, -0.2) is 25.4 Å². The van der Waals surface area contributed by atoms with Gasteiger partial charge in [-0.15, -0.1) is 0 Å². The summed E-state index contributed by atoms with van der Waals surface area (Å²) < 4.78 is 11.1. The molecule has 0 aromatic heterocycles. The minimum absolute atomic E-state index is 0.110. The summed E-state index contributed by atoms with van der Waals surface area (Å²) in [7, 11) is 0. The first-order valence-electron chi connectivity index (χ1n) is 8.05. The van der Waals surface area contributed by atoms with E-state index >= 15 is 0 Å². The second-order valence-corrected chi connectivity index (χ2v) is 5.71. The van der Waals surface area contributed by atoms with Crippen molar-refractivity contribution in [2.45, 2.75) is 83.7 Å². The Morgan fingerprint density at radius 1 is 0.889 bits per heavy atom. The second kappa shape index (κ2) is 9.80. The third-order valence-corrected chi connectivity index (χ3v) is 3.95. The van der Waals surface area contributed by atoms with Crippen LogP contribution in [0.3, 0.4) is 0 Å². The normalized spacial score (nSPS) is 22.3. The molecule has 1 atom stereocenters. The molecule has 0 radical (unpaired) electrons. The summed E-state index contributed by atoms with van der Waals surface area (Å²) >= 11 is 0. The van der Waals surface area contributed by atoms with Crippen molar-refractivity contribution in [1.29, 1.82) is 0 Å². The molecule has 108 valence electrons. The third kappa shape index (κ3) is 7.38. The highest BCUT2D eigenvalue weighted by Crippen LogP contribution is 2.30. The zero-order valence-corrected chi connectivity index (χ0v) is 12.5. The standard InChI is InChI=1S/C16H32O2/c1-3-5-6-7-8-9-10-11-12-13-17-14-16(4-2)15-18-16/h3-15H2,1-2H3. The van der Waals surface area contributed by atoms with Gasteiger partial charge in [-0.1, -0.05) is 65.2 Å². The molecule has 0 aliphatic carbocycles. The molecule has 0 bridgehead atoms. The Labute approximate surface area is 113 Å². The summed E-state index contributed by atoms with van der Waals surface area (Å²) in [6.07, 6.45) is 13.5. The smallest absolute Gasteiger partial charge is 0.115 e. The average Bonchev–Trinajstić information content (AvgIpc) is 3.17. The Bertz CT molecular complexity index is 188. The van der Waals surface area contributed by atoms with Gasteiger partial charge in [-0.05, 0) is 12.8 Å². The van der Waals surface area contributed by atoms with Crippen molar-refractivity contribution in [2.24, 2.45) is 0 Å². The summed E-state index contributed by atoms with van der Waals surface area (Å²) in [6, 6.07) is 0. The van der Waals surface area contributed by atoms with Gasteiger partial charge >= 0.3 is 0 Å². The first-order chi connectivity index (χ1) is 8.83. The van der Waals surface area contributed by atoms with Crippen LogP contribution < -0.4 is 0 Å². The number of ether oxygens (including phenoxy) is 2. The lowest BCUT2D eigenvalue weighted by molar-refractivity contribution is 0.0742. The number of hydrogen-bond donors (Lipinski definition) is 0. The predicted molar refractivity (Wildman–Crippen MR) is 77.0 cm³/mol. The Morgan fingerprint density at radius 3 is 1.94 bits per heavy atom. The van der Waals surface area contributed by atoms with Crippen molar-refractivity contribution in [3.63, 3.8) is 0 Å². The van der Waals surface area contributed by atoms with Crippen LogP contribution in [0.2, 0.25) is 0 Å². The summed E-state index contributed by atoms with van der Waals surface area (Å²) in [4.78, 5) is 0. The highest BCUT2D eigenvalue weighted by molar-refractivity contribution is 4.90. The topological polar surface area (TPSA) is 21.8 Å². The van der Waals surface area contributed by atoms with Gasteiger partial charge in [-0.25, -0.2) is 0 Å². The molecule has 1 fully saturated rings. The van der Waals surface area contributed by atoms with E-state index in [2.05, 4.69) is 13.8 Å². The zero-order chi connectivity index (χ0) is 13.1. The highest BCUT2D eigenvalue weighted by Gasteiger charge is 2.42. The fraction of sp³-hybridized carbons (Fsp3) is 1.00. The second-order valence-electron chi connectivity index (χ2n) is 5.71. The number of rotatable bonds is 13. The van der Waals surface area contributed by atoms with Gasteiger partial charge < -0.3 is 9.47 Å². The molecule has 0 aromatic carbocycles. The number of unbranched alkanes of at least 4 members (excludes halogenated alkanes) is 8. The van der Waals surface area contributed by atoms with Crippen LogP contribution in [0.15, 0.2) is 0 Å². The van der Waals surface area contributed by atoms with Crippen LogP contribution in [0.25, 0.3) is 0 Å². The van der Waals surface area contributed by atoms with E-state index in [0.29, 0.717) is 0 Å². The van der Waals surface area contributed by atoms with E-state index in [9.17, 15) is 0 Å². The summed E-state index contributed by atoms with van der Waals surface area (Å²) in [5, 5.41) is 0. The van der Waals surface area contributed by atoms with Gasteiger partial charge in [-0.3, -0.25) is 0 Å². The average molecular weight is 256 g/mol. The van der Waals surface area contributed by atoms with Crippen LogP contribution in [0, 0.1) is 0 Å². The van der Waals surface area contributed by atoms with Gasteiger partial charge in [-0.2, -0.15) is 0 Å². The minimum atomic E-state index is 0.110. The Hall–Kier alpha value is -0.0800. The zero-order valence-electron chi connectivity index (χ0n) is 12.5. The first kappa shape index (κ1) is 16.0. The van der Waals surface area contributed by atoms with E-state index in [-0.39, 0.29) is 5.60 Å². The van der Waals surface area contributed by atoms with Gasteiger partial charge in [0.2, 0.25) is 0 Å². The molecular formula is C16H32O2. The molecule has 0 aromatic rings. The maximum absolute atomic E-state index is 5.69. The Kier molecular flexibility index (Phi) is 8.70. The lowest BCUT2D eigenvalue weighted by Crippen LogP contribution is -2.18. The van der Waals surface area contributed by atoms with Crippen molar-refractivity contribution in [3.05, 3.63) is 0 Å². The van der Waals surface area contributed by atoms with Crippen molar-refractivity contribution in [2.75, 3.05) is 19.8 Å². The van der Waals surface area contributed by atoms with Crippen LogP contribution in [-0.2, 0) is 9.47 Å². The van der Waals surface area contributed by atoms with Crippen LogP contribution in [0.1, 0.15) is 78.1 Å². The van der Waals surface area contributed by atoms with Crippen LogP contribution in [0.4, 0.5) is 0 Å². The molecule has 1 aliphatic heterocycles. The van der Waals surface area contributed by atoms with Gasteiger partial charge in [0.15, 0.2) is 0 Å². The fourth-order valence-electron chi connectivity index (χ4n) is 2.26. The van der Waals surface area contributed by atoms with Crippen LogP contribution in [0.5, 0.6) is 0 Å². The van der Waals surface area contributed by atoms with Gasteiger partial charge in [0.1, 0.15) is 5.60 Å². The molecule has 1 heterocycles. The van der Waals surface area contributed by atoms with E-state index in [1.54, 1.807) is 0 Å². The molecule has 0 saturated carbocycles. The molecule has 1 unspecified atom stereocenters. The van der Waals surface area contributed by atoms with E-state index in [1.165, 1.54) is 57.8 Å². The molecule has 1 rings (SSSR count). The molecular weight excluding hydrogens is 224 g/mol. The summed E-state index contributed by atoms with van der Waals surface area (Å²) in [6.45, 7) is 7.08. The molecule has 1 saturated heterocycles. The summed E-state index contributed by atoms with van der Waals surface area (Å²) in [5.41, 5.74) is 0.110. The highest BCUT2D eigenvalue weighted by atomic mass is 16.6. The minimum Gasteiger partial charge on any atom is -0.378 e. The van der Waals surface area contributed by atoms with E-state index in [0.717, 1.165) is 26.2 Å². The SMILES string of the molecule is CCCCCCCCCCCOCC1(CC)CO1. The van der Waals surface area contributed by atoms with Crippen molar-refractivity contribution < 1.29 is 9.47 Å². The largest absolute Gasteiger partial charge is 0.378 e. The van der Waals surface area contributed by atoms with Gasteiger partial charge in [0, 0.05) is 6.61 Å². The van der Waals surface area contributed by atoms with Gasteiger partial charge in [0.25, 0.3) is 0 Å². The first-order valence-corrected chi connectivity index (χ1v) is 8.05. The quantitative estimate of drug-likeness (QED) is 0.351. The lowest BCUT2D eigenvalue weighted by Gasteiger charge is -2.09. The van der Waals surface area contributed by atoms with Crippen LogP contribution >= 0.6 is 0 Å². The monoisotopic (exact) mass is 256 g/mol. The van der Waals surface area contributed by atoms with Gasteiger partial charge in [0.05, 0.1) is 13.2 Å². The lowest BCUT2D eigenvalue weighted by atomic mass is 10.1. The maximum Gasteiger partial charge on any atom is 0.115 e. The Balaban J connectivity index is 1.71. The summed E-state index contributed by atoms with van der Waals surface area (Å²) in [5.74, 6) is 0. The van der Waals surface area contributed by atoms with E-state index in [4.69, 9.17) is 9.47 Å². The van der Waals surface area contributed by atoms with Crippen molar-refractivity contribution in [3.8, 4) is 0 Å². The fourth-order valence-corrected chi connectivity index (χ4v) is 2.26. The molecule has 2 nitrogen and oxygen atoms in total. The molecule has 0 N–H and O–H groups in total. The number of epoxide rings is 1. The molecule has 2 heteroatoms. The molecule has 0 amide bonds. The number of hydrogen-bond acceptors (Lipinski definition) is 2. The van der Waals surface area contributed by atoms with Crippen molar-refractivity contribution in [1.82, 2.24) is 0 Å². The van der Waals surface area contributed by atoms with Crippen molar-refractivity contribution >= 4 is 0 Å². The molecule has 18 heavy (non-hydrogen) atoms. The van der Waals surface area contributed by atoms with E-state index < -0.39 is 0 Å². The Morgan fingerprint density at radius 2 is 1.44 bits per heavy atom. The molecule has 0 spiro atoms. The maximum atomic E-state index is 5.69. The predicted octanol–water partition coefficient (Wildman–Crippen LogP) is 4.71.